The lowest BCUT2D eigenvalue weighted by Crippen LogP contribution is -2.55. The molecule has 0 saturated carbocycles. The molecular weight excluding hydrogens is 228 g/mol. The molecule has 0 fully saturated rings. The molecule has 0 radical (unpaired) electrons. The van der Waals surface area contributed by atoms with E-state index in [2.05, 4.69) is 15.5 Å². The first-order valence-corrected chi connectivity index (χ1v) is 6.13. The van der Waals surface area contributed by atoms with Crippen LogP contribution in [0.15, 0.2) is 6.07 Å². The van der Waals surface area contributed by atoms with Gasteiger partial charge in [0.1, 0.15) is 0 Å². The molecule has 5 heteroatoms. The summed E-state index contributed by atoms with van der Waals surface area (Å²) in [4.78, 5) is 12.3. The monoisotopic (exact) mass is 250 g/mol. The number of nitrogens with two attached hydrogens (primary N) is 1. The van der Waals surface area contributed by atoms with Crippen molar-refractivity contribution in [2.24, 2.45) is 11.7 Å². The minimum atomic E-state index is -0.416. The lowest BCUT2D eigenvalue weighted by atomic mass is 9.88. The SMILES string of the molecule is Cc1cc(C(=O)NC(C)(CN)C(C)C)c(C)nn1. The van der Waals surface area contributed by atoms with Crippen molar-refractivity contribution in [3.63, 3.8) is 0 Å². The van der Waals surface area contributed by atoms with Crippen LogP contribution in [0.2, 0.25) is 0 Å². The molecular formula is C13H22N4O. The van der Waals surface area contributed by atoms with E-state index in [-0.39, 0.29) is 11.8 Å². The molecule has 1 atom stereocenters. The molecule has 1 rings (SSSR count). The van der Waals surface area contributed by atoms with Crippen molar-refractivity contribution in [2.75, 3.05) is 6.54 Å². The molecule has 100 valence electrons. The van der Waals surface area contributed by atoms with E-state index in [9.17, 15) is 4.79 Å². The third-order valence-corrected chi connectivity index (χ3v) is 3.44. The van der Waals surface area contributed by atoms with Crippen molar-refractivity contribution >= 4 is 5.91 Å². The summed E-state index contributed by atoms with van der Waals surface area (Å²) >= 11 is 0. The van der Waals surface area contributed by atoms with Gasteiger partial charge in [-0.25, -0.2) is 0 Å². The quantitative estimate of drug-likeness (QED) is 0.841. The van der Waals surface area contributed by atoms with Gasteiger partial charge < -0.3 is 11.1 Å². The van der Waals surface area contributed by atoms with Gasteiger partial charge in [-0.1, -0.05) is 13.8 Å². The highest BCUT2D eigenvalue weighted by atomic mass is 16.1. The second-order valence-electron chi connectivity index (χ2n) is 5.22. The Morgan fingerprint density at radius 1 is 1.44 bits per heavy atom. The number of nitrogens with zero attached hydrogens (tertiary/aromatic N) is 2. The molecule has 0 aliphatic heterocycles. The molecule has 1 aromatic rings. The largest absolute Gasteiger partial charge is 0.345 e. The summed E-state index contributed by atoms with van der Waals surface area (Å²) in [5, 5.41) is 10.9. The van der Waals surface area contributed by atoms with Crippen LogP contribution in [0, 0.1) is 19.8 Å². The van der Waals surface area contributed by atoms with Gasteiger partial charge in [0.15, 0.2) is 0 Å². The fourth-order valence-corrected chi connectivity index (χ4v) is 1.54. The van der Waals surface area contributed by atoms with E-state index in [1.54, 1.807) is 13.0 Å². The first-order chi connectivity index (χ1) is 8.30. The molecule has 1 aromatic heterocycles. The van der Waals surface area contributed by atoms with Gasteiger partial charge in [0, 0.05) is 6.54 Å². The topological polar surface area (TPSA) is 80.9 Å². The van der Waals surface area contributed by atoms with Gasteiger partial charge in [0.25, 0.3) is 5.91 Å². The molecule has 18 heavy (non-hydrogen) atoms. The van der Waals surface area contributed by atoms with Crippen molar-refractivity contribution in [2.45, 2.75) is 40.2 Å². The van der Waals surface area contributed by atoms with Crippen molar-refractivity contribution in [3.8, 4) is 0 Å². The van der Waals surface area contributed by atoms with Gasteiger partial charge >= 0.3 is 0 Å². The zero-order valence-corrected chi connectivity index (χ0v) is 11.7. The van der Waals surface area contributed by atoms with E-state index in [1.165, 1.54) is 0 Å². The smallest absolute Gasteiger partial charge is 0.253 e. The van der Waals surface area contributed by atoms with Crippen molar-refractivity contribution in [1.82, 2.24) is 15.5 Å². The Kier molecular flexibility index (Phi) is 4.40. The highest BCUT2D eigenvalue weighted by Gasteiger charge is 2.29. The number of rotatable bonds is 4. The number of hydrogen-bond donors (Lipinski definition) is 2. The molecule has 1 heterocycles. The molecule has 1 amide bonds. The van der Waals surface area contributed by atoms with Crippen LogP contribution >= 0.6 is 0 Å². The lowest BCUT2D eigenvalue weighted by molar-refractivity contribution is 0.0881. The summed E-state index contributed by atoms with van der Waals surface area (Å²) in [7, 11) is 0. The number of carbonyl (C=O) groups is 1. The molecule has 0 aromatic carbocycles. The number of carbonyl (C=O) groups excluding carboxylic acids is 1. The third-order valence-electron chi connectivity index (χ3n) is 3.44. The van der Waals surface area contributed by atoms with Crippen molar-refractivity contribution in [1.29, 1.82) is 0 Å². The summed E-state index contributed by atoms with van der Waals surface area (Å²) < 4.78 is 0. The van der Waals surface area contributed by atoms with E-state index in [0.29, 0.717) is 17.8 Å². The first kappa shape index (κ1) is 14.6. The average Bonchev–Trinajstić information content (AvgIpc) is 2.31. The normalized spacial score (nSPS) is 14.4. The van der Waals surface area contributed by atoms with Crippen LogP contribution in [0.25, 0.3) is 0 Å². The molecule has 0 saturated heterocycles. The zero-order valence-electron chi connectivity index (χ0n) is 11.7. The summed E-state index contributed by atoms with van der Waals surface area (Å²) in [6.07, 6.45) is 0. The van der Waals surface area contributed by atoms with Gasteiger partial charge in [-0.05, 0) is 32.8 Å². The molecule has 0 bridgehead atoms. The number of hydrogen-bond acceptors (Lipinski definition) is 4. The van der Waals surface area contributed by atoms with Crippen molar-refractivity contribution in [3.05, 3.63) is 23.0 Å². The van der Waals surface area contributed by atoms with Crippen LogP contribution < -0.4 is 11.1 Å². The fraction of sp³-hybridized carbons (Fsp3) is 0.615. The summed E-state index contributed by atoms with van der Waals surface area (Å²) in [5.74, 6) is 0.106. The van der Waals surface area contributed by atoms with Crippen LogP contribution in [0.4, 0.5) is 0 Å². The maximum Gasteiger partial charge on any atom is 0.253 e. The minimum Gasteiger partial charge on any atom is -0.345 e. The predicted molar refractivity (Wildman–Crippen MR) is 71.3 cm³/mol. The molecule has 3 N–H and O–H groups in total. The summed E-state index contributed by atoms with van der Waals surface area (Å²) in [6.45, 7) is 10.0. The Morgan fingerprint density at radius 3 is 2.56 bits per heavy atom. The molecule has 0 aliphatic rings. The lowest BCUT2D eigenvalue weighted by Gasteiger charge is -2.33. The van der Waals surface area contributed by atoms with Crippen LogP contribution in [-0.4, -0.2) is 28.2 Å². The van der Waals surface area contributed by atoms with Gasteiger partial charge in [-0.2, -0.15) is 10.2 Å². The highest BCUT2D eigenvalue weighted by molar-refractivity contribution is 5.95. The summed E-state index contributed by atoms with van der Waals surface area (Å²) in [5.41, 5.74) is 7.25. The first-order valence-electron chi connectivity index (χ1n) is 6.13. The second kappa shape index (κ2) is 5.44. The van der Waals surface area contributed by atoms with Crippen LogP contribution in [0.1, 0.15) is 42.5 Å². The number of aromatic nitrogens is 2. The molecule has 5 nitrogen and oxygen atoms in total. The van der Waals surface area contributed by atoms with Gasteiger partial charge in [0.2, 0.25) is 0 Å². The van der Waals surface area contributed by atoms with Gasteiger partial charge in [-0.3, -0.25) is 4.79 Å². The van der Waals surface area contributed by atoms with E-state index < -0.39 is 5.54 Å². The minimum absolute atomic E-state index is 0.146. The van der Waals surface area contributed by atoms with E-state index in [4.69, 9.17) is 5.73 Å². The maximum absolute atomic E-state index is 12.3. The predicted octanol–water partition coefficient (Wildman–Crippen LogP) is 1.20. The Bertz CT molecular complexity index is 445. The standard InChI is InChI=1S/C13H22N4O/c1-8(2)13(5,7-14)15-12(18)11-6-9(3)16-17-10(11)4/h6,8H,7,14H2,1-5H3,(H,15,18). The highest BCUT2D eigenvalue weighted by Crippen LogP contribution is 2.16. The fourth-order valence-electron chi connectivity index (χ4n) is 1.54. The Morgan fingerprint density at radius 2 is 2.06 bits per heavy atom. The average molecular weight is 250 g/mol. The van der Waals surface area contributed by atoms with Crippen LogP contribution in [-0.2, 0) is 0 Å². The maximum atomic E-state index is 12.3. The number of nitrogens with one attached hydrogen (secondary N) is 1. The van der Waals surface area contributed by atoms with Crippen LogP contribution in [0.3, 0.4) is 0 Å². The van der Waals surface area contributed by atoms with E-state index >= 15 is 0 Å². The van der Waals surface area contributed by atoms with E-state index in [1.807, 2.05) is 27.7 Å². The molecule has 1 unspecified atom stereocenters. The Labute approximate surface area is 108 Å². The Hall–Kier alpha value is -1.49. The summed E-state index contributed by atoms with van der Waals surface area (Å²) in [6, 6.07) is 1.74. The zero-order chi connectivity index (χ0) is 13.9. The second-order valence-corrected chi connectivity index (χ2v) is 5.22. The molecule has 0 spiro atoms. The number of aryl methyl sites for hydroxylation is 2. The van der Waals surface area contributed by atoms with Crippen molar-refractivity contribution < 1.29 is 4.79 Å². The van der Waals surface area contributed by atoms with Gasteiger partial charge in [0.05, 0.1) is 22.5 Å². The van der Waals surface area contributed by atoms with Crippen LogP contribution in [0.5, 0.6) is 0 Å². The van der Waals surface area contributed by atoms with E-state index in [0.717, 1.165) is 5.69 Å². The molecule has 0 aliphatic carbocycles. The number of amides is 1. The third kappa shape index (κ3) is 3.04. The van der Waals surface area contributed by atoms with Gasteiger partial charge in [-0.15, -0.1) is 0 Å². The Balaban J connectivity index is 2.98.